The first-order valence-electron chi connectivity index (χ1n) is 9.15. The molecule has 1 atom stereocenters. The van der Waals surface area contributed by atoms with Crippen molar-refractivity contribution in [3.8, 4) is 5.75 Å². The van der Waals surface area contributed by atoms with E-state index < -0.39 is 0 Å². The summed E-state index contributed by atoms with van der Waals surface area (Å²) in [5, 5.41) is 5.92. The normalized spacial score (nSPS) is 15.5. The summed E-state index contributed by atoms with van der Waals surface area (Å²) < 4.78 is 5.25. The van der Waals surface area contributed by atoms with E-state index >= 15 is 0 Å². The maximum absolute atomic E-state index is 12.3. The lowest BCUT2D eigenvalue weighted by atomic mass is 10.1. The summed E-state index contributed by atoms with van der Waals surface area (Å²) in [6, 6.07) is 15.9. The van der Waals surface area contributed by atoms with Crippen molar-refractivity contribution >= 4 is 11.7 Å². The van der Waals surface area contributed by atoms with Crippen molar-refractivity contribution in [1.82, 2.24) is 10.2 Å². The van der Waals surface area contributed by atoms with Crippen LogP contribution < -0.4 is 15.4 Å². The smallest absolute Gasteiger partial charge is 0.319 e. The van der Waals surface area contributed by atoms with Crippen molar-refractivity contribution in [2.45, 2.75) is 25.8 Å². The maximum atomic E-state index is 12.3. The van der Waals surface area contributed by atoms with E-state index in [1.165, 1.54) is 24.0 Å². The quantitative estimate of drug-likeness (QED) is 0.826. The van der Waals surface area contributed by atoms with Crippen molar-refractivity contribution in [2.75, 3.05) is 32.1 Å². The molecule has 26 heavy (non-hydrogen) atoms. The average Bonchev–Trinajstić information content (AvgIpc) is 3.19. The lowest BCUT2D eigenvalue weighted by molar-refractivity contribution is 0.227. The molecule has 0 bridgehead atoms. The third kappa shape index (κ3) is 4.76. The number of rotatable bonds is 6. The Balaban J connectivity index is 1.63. The first-order chi connectivity index (χ1) is 12.7. The third-order valence-electron chi connectivity index (χ3n) is 4.85. The van der Waals surface area contributed by atoms with E-state index in [2.05, 4.69) is 27.7 Å². The van der Waals surface area contributed by atoms with E-state index in [0.717, 1.165) is 24.5 Å². The lowest BCUT2D eigenvalue weighted by Gasteiger charge is -2.28. The predicted octanol–water partition coefficient (Wildman–Crippen LogP) is 3.96. The number of ether oxygens (including phenoxy) is 1. The number of benzene rings is 2. The van der Waals surface area contributed by atoms with Gasteiger partial charge in [0.15, 0.2) is 0 Å². The van der Waals surface area contributed by atoms with E-state index in [9.17, 15) is 4.79 Å². The highest BCUT2D eigenvalue weighted by molar-refractivity contribution is 5.89. The zero-order valence-electron chi connectivity index (χ0n) is 15.5. The van der Waals surface area contributed by atoms with Gasteiger partial charge in [0.25, 0.3) is 0 Å². The molecular formula is C21H27N3O2. The number of nitrogens with one attached hydrogen (secondary N) is 2. The van der Waals surface area contributed by atoms with Gasteiger partial charge in [-0.1, -0.05) is 29.8 Å². The Bertz CT molecular complexity index is 707. The molecule has 0 unspecified atom stereocenters. The van der Waals surface area contributed by atoms with E-state index in [4.69, 9.17) is 4.74 Å². The van der Waals surface area contributed by atoms with Gasteiger partial charge < -0.3 is 15.4 Å². The lowest BCUT2D eigenvalue weighted by Crippen LogP contribution is -2.38. The number of hydrogen-bond donors (Lipinski definition) is 2. The van der Waals surface area contributed by atoms with Gasteiger partial charge in [0.2, 0.25) is 0 Å². The SMILES string of the molecule is COc1ccc([C@H](CNC(=O)Nc2ccc(C)cc2)N2CCCC2)cc1. The molecule has 0 spiro atoms. The largest absolute Gasteiger partial charge is 0.497 e. The van der Waals surface area contributed by atoms with Gasteiger partial charge in [-0.3, -0.25) is 4.90 Å². The Morgan fingerprint density at radius 3 is 2.35 bits per heavy atom. The number of anilines is 1. The molecule has 1 aliphatic heterocycles. The number of likely N-dealkylation sites (tertiary alicyclic amines) is 1. The third-order valence-corrected chi connectivity index (χ3v) is 4.85. The second-order valence-electron chi connectivity index (χ2n) is 6.73. The van der Waals surface area contributed by atoms with Crippen LogP contribution in [0.4, 0.5) is 10.5 Å². The van der Waals surface area contributed by atoms with E-state index in [1.807, 2.05) is 43.3 Å². The Labute approximate surface area is 155 Å². The summed E-state index contributed by atoms with van der Waals surface area (Å²) >= 11 is 0. The minimum absolute atomic E-state index is 0.173. The highest BCUT2D eigenvalue weighted by Crippen LogP contribution is 2.26. The molecule has 0 aromatic heterocycles. The first kappa shape index (κ1) is 18.3. The van der Waals surface area contributed by atoms with Crippen LogP contribution in [0.15, 0.2) is 48.5 Å². The Morgan fingerprint density at radius 1 is 1.08 bits per heavy atom. The van der Waals surface area contributed by atoms with Crippen LogP contribution in [0.5, 0.6) is 5.75 Å². The van der Waals surface area contributed by atoms with Gasteiger partial charge in [-0.15, -0.1) is 0 Å². The fourth-order valence-corrected chi connectivity index (χ4v) is 3.34. The van der Waals surface area contributed by atoms with E-state index in [-0.39, 0.29) is 12.1 Å². The number of urea groups is 1. The number of amides is 2. The second-order valence-corrected chi connectivity index (χ2v) is 6.73. The molecule has 3 rings (SSSR count). The summed E-state index contributed by atoms with van der Waals surface area (Å²) in [5.41, 5.74) is 3.17. The van der Waals surface area contributed by atoms with Crippen LogP contribution in [-0.4, -0.2) is 37.7 Å². The molecule has 0 radical (unpaired) electrons. The topological polar surface area (TPSA) is 53.6 Å². The number of methoxy groups -OCH3 is 1. The van der Waals surface area contributed by atoms with Crippen LogP contribution in [0.25, 0.3) is 0 Å². The Kier molecular flexibility index (Phi) is 6.12. The van der Waals surface area contributed by atoms with Crippen molar-refractivity contribution in [3.05, 3.63) is 59.7 Å². The molecule has 2 aromatic carbocycles. The van der Waals surface area contributed by atoms with Gasteiger partial charge in [0, 0.05) is 12.2 Å². The molecule has 1 heterocycles. The molecule has 2 aromatic rings. The number of carbonyl (C=O) groups excluding carboxylic acids is 1. The van der Waals surface area contributed by atoms with Gasteiger partial charge in [0.1, 0.15) is 5.75 Å². The highest BCUT2D eigenvalue weighted by atomic mass is 16.5. The van der Waals surface area contributed by atoms with Crippen LogP contribution in [0.3, 0.4) is 0 Å². The van der Waals surface area contributed by atoms with Gasteiger partial charge in [-0.05, 0) is 62.7 Å². The number of aryl methyl sites for hydroxylation is 1. The molecule has 0 saturated carbocycles. The molecule has 1 saturated heterocycles. The molecule has 1 fully saturated rings. The van der Waals surface area contributed by atoms with Crippen LogP contribution in [0, 0.1) is 6.92 Å². The van der Waals surface area contributed by atoms with Crippen molar-refractivity contribution in [3.63, 3.8) is 0 Å². The molecule has 2 N–H and O–H groups in total. The van der Waals surface area contributed by atoms with Gasteiger partial charge >= 0.3 is 6.03 Å². The molecule has 138 valence electrons. The van der Waals surface area contributed by atoms with Crippen molar-refractivity contribution < 1.29 is 9.53 Å². The second kappa shape index (κ2) is 8.72. The minimum atomic E-state index is -0.174. The van der Waals surface area contributed by atoms with Gasteiger partial charge in [-0.25, -0.2) is 4.79 Å². The summed E-state index contributed by atoms with van der Waals surface area (Å²) in [5.74, 6) is 0.846. The Hall–Kier alpha value is -2.53. The highest BCUT2D eigenvalue weighted by Gasteiger charge is 2.24. The maximum Gasteiger partial charge on any atom is 0.319 e. The van der Waals surface area contributed by atoms with Crippen molar-refractivity contribution in [2.24, 2.45) is 0 Å². The zero-order valence-corrected chi connectivity index (χ0v) is 15.5. The van der Waals surface area contributed by atoms with Crippen molar-refractivity contribution in [1.29, 1.82) is 0 Å². The molecule has 1 aliphatic rings. The van der Waals surface area contributed by atoms with Crippen LogP contribution in [-0.2, 0) is 0 Å². The Morgan fingerprint density at radius 2 is 1.73 bits per heavy atom. The molecule has 5 heteroatoms. The van der Waals surface area contributed by atoms with Crippen LogP contribution in [0.2, 0.25) is 0 Å². The molecular weight excluding hydrogens is 326 g/mol. The van der Waals surface area contributed by atoms with E-state index in [0.29, 0.717) is 6.54 Å². The molecule has 0 aliphatic carbocycles. The van der Waals surface area contributed by atoms with E-state index in [1.54, 1.807) is 7.11 Å². The number of nitrogens with zero attached hydrogens (tertiary/aromatic N) is 1. The summed E-state index contributed by atoms with van der Waals surface area (Å²) in [7, 11) is 1.67. The fourth-order valence-electron chi connectivity index (χ4n) is 3.34. The molecule has 2 amide bonds. The fraction of sp³-hybridized carbons (Fsp3) is 0.381. The summed E-state index contributed by atoms with van der Waals surface area (Å²) in [6.07, 6.45) is 2.42. The monoisotopic (exact) mass is 353 g/mol. The predicted molar refractivity (Wildman–Crippen MR) is 105 cm³/mol. The summed E-state index contributed by atoms with van der Waals surface area (Å²) in [4.78, 5) is 14.7. The van der Waals surface area contributed by atoms with Crippen LogP contribution >= 0.6 is 0 Å². The summed E-state index contributed by atoms with van der Waals surface area (Å²) in [6.45, 7) is 4.74. The number of hydrogen-bond acceptors (Lipinski definition) is 3. The zero-order chi connectivity index (χ0) is 18.4. The molecule has 5 nitrogen and oxygen atoms in total. The average molecular weight is 353 g/mol. The standard InChI is InChI=1S/C21H27N3O2/c1-16-5-9-18(10-6-16)23-21(25)22-15-20(24-13-3-4-14-24)17-7-11-19(26-2)12-8-17/h5-12,20H,3-4,13-15H2,1-2H3,(H2,22,23,25)/t20-/m0/s1. The van der Waals surface area contributed by atoms with Gasteiger partial charge in [0.05, 0.1) is 13.2 Å². The van der Waals surface area contributed by atoms with Crippen LogP contribution in [0.1, 0.15) is 30.0 Å². The van der Waals surface area contributed by atoms with Gasteiger partial charge in [-0.2, -0.15) is 0 Å². The first-order valence-corrected chi connectivity index (χ1v) is 9.15. The minimum Gasteiger partial charge on any atom is -0.497 e. The number of carbonyl (C=O) groups is 1.